The van der Waals surface area contributed by atoms with Gasteiger partial charge in [0.1, 0.15) is 5.60 Å². The van der Waals surface area contributed by atoms with Crippen LogP contribution in [0.25, 0.3) is 0 Å². The number of benzene rings is 1. The second-order valence-corrected chi connectivity index (χ2v) is 6.57. The van der Waals surface area contributed by atoms with E-state index in [1.807, 2.05) is 32.9 Å². The van der Waals surface area contributed by atoms with Crippen molar-refractivity contribution in [1.82, 2.24) is 4.90 Å². The number of nitrogens with zero attached hydrogens (tertiary/aromatic N) is 1. The number of carbonyl (C=O) groups is 1. The van der Waals surface area contributed by atoms with Crippen molar-refractivity contribution in [3.63, 3.8) is 0 Å². The molecule has 0 radical (unpaired) electrons. The summed E-state index contributed by atoms with van der Waals surface area (Å²) in [5.41, 5.74) is 0.653. The van der Waals surface area contributed by atoms with Crippen molar-refractivity contribution in [3.05, 3.63) is 33.8 Å². The minimum Gasteiger partial charge on any atom is -0.444 e. The van der Waals surface area contributed by atoms with Crippen LogP contribution in [0.4, 0.5) is 4.79 Å². The maximum Gasteiger partial charge on any atom is 0.410 e. The molecule has 1 aromatic carbocycles. The van der Waals surface area contributed by atoms with Gasteiger partial charge < -0.3 is 9.64 Å². The molecule has 104 valence electrons. The molecule has 1 fully saturated rings. The van der Waals surface area contributed by atoms with E-state index >= 15 is 0 Å². The van der Waals surface area contributed by atoms with Gasteiger partial charge in [0.2, 0.25) is 0 Å². The third kappa shape index (κ3) is 3.54. The number of carbonyl (C=O) groups excluding carboxylic acids is 1. The number of rotatable bonds is 1. The fraction of sp³-hybridized carbons (Fsp3) is 0.500. The highest BCUT2D eigenvalue weighted by atomic mass is 35.5. The summed E-state index contributed by atoms with van der Waals surface area (Å²) in [6.07, 6.45) is -0.260. The molecule has 3 nitrogen and oxygen atoms in total. The maximum atomic E-state index is 11.8. The van der Waals surface area contributed by atoms with Gasteiger partial charge in [0.25, 0.3) is 0 Å². The first kappa shape index (κ1) is 14.5. The van der Waals surface area contributed by atoms with E-state index in [-0.39, 0.29) is 6.09 Å². The van der Waals surface area contributed by atoms with Gasteiger partial charge in [-0.1, -0.05) is 29.3 Å². The first-order valence-corrected chi connectivity index (χ1v) is 6.95. The smallest absolute Gasteiger partial charge is 0.410 e. The predicted molar refractivity (Wildman–Crippen MR) is 77.0 cm³/mol. The summed E-state index contributed by atoms with van der Waals surface area (Å²) in [6.45, 7) is 6.91. The standard InChI is InChI=1S/C14H17Cl2NO2/c1-14(2,3)19-13(18)17-7-10(8-17)9-4-5-11(15)12(16)6-9/h4-6,10H,7-8H2,1-3H3. The van der Waals surface area contributed by atoms with Crippen LogP contribution < -0.4 is 0 Å². The van der Waals surface area contributed by atoms with Crippen LogP contribution in [0.5, 0.6) is 0 Å². The lowest BCUT2D eigenvalue weighted by Crippen LogP contribution is -2.50. The molecular weight excluding hydrogens is 285 g/mol. The van der Waals surface area contributed by atoms with E-state index in [4.69, 9.17) is 27.9 Å². The highest BCUT2D eigenvalue weighted by molar-refractivity contribution is 6.42. The fourth-order valence-electron chi connectivity index (χ4n) is 1.93. The van der Waals surface area contributed by atoms with Crippen molar-refractivity contribution >= 4 is 29.3 Å². The summed E-state index contributed by atoms with van der Waals surface area (Å²) in [5.74, 6) is 0.308. The average molecular weight is 302 g/mol. The van der Waals surface area contributed by atoms with Crippen LogP contribution >= 0.6 is 23.2 Å². The van der Waals surface area contributed by atoms with Gasteiger partial charge in [-0.2, -0.15) is 0 Å². The topological polar surface area (TPSA) is 29.5 Å². The van der Waals surface area contributed by atoms with E-state index in [9.17, 15) is 4.79 Å². The van der Waals surface area contributed by atoms with Crippen molar-refractivity contribution < 1.29 is 9.53 Å². The van der Waals surface area contributed by atoms with Crippen molar-refractivity contribution in [2.24, 2.45) is 0 Å². The zero-order valence-electron chi connectivity index (χ0n) is 11.2. The Bertz CT molecular complexity index is 491. The molecule has 0 atom stereocenters. The lowest BCUT2D eigenvalue weighted by Gasteiger charge is -2.40. The van der Waals surface area contributed by atoms with Gasteiger partial charge >= 0.3 is 6.09 Å². The van der Waals surface area contributed by atoms with E-state index in [0.717, 1.165) is 5.56 Å². The molecule has 5 heteroatoms. The summed E-state index contributed by atoms with van der Waals surface area (Å²) in [7, 11) is 0. The van der Waals surface area contributed by atoms with Crippen molar-refractivity contribution in [3.8, 4) is 0 Å². The molecule has 1 saturated heterocycles. The predicted octanol–water partition coefficient (Wildman–Crippen LogP) is 4.33. The van der Waals surface area contributed by atoms with Gasteiger partial charge in [0.05, 0.1) is 10.0 Å². The van der Waals surface area contributed by atoms with E-state index in [1.54, 1.807) is 11.0 Å². The summed E-state index contributed by atoms with van der Waals surface area (Å²) in [4.78, 5) is 13.5. The van der Waals surface area contributed by atoms with E-state index in [1.165, 1.54) is 0 Å². The van der Waals surface area contributed by atoms with Crippen LogP contribution in [0.3, 0.4) is 0 Å². The Morgan fingerprint density at radius 2 is 1.89 bits per heavy atom. The second-order valence-electron chi connectivity index (χ2n) is 5.76. The molecule has 1 heterocycles. The Morgan fingerprint density at radius 1 is 1.26 bits per heavy atom. The average Bonchev–Trinajstić information content (AvgIpc) is 2.18. The molecule has 1 aromatic rings. The second kappa shape index (κ2) is 5.22. The molecular formula is C14H17Cl2NO2. The highest BCUT2D eigenvalue weighted by Gasteiger charge is 2.34. The SMILES string of the molecule is CC(C)(C)OC(=O)N1CC(c2ccc(Cl)c(Cl)c2)C1. The normalized spacial score (nSPS) is 16.2. The molecule has 0 bridgehead atoms. The van der Waals surface area contributed by atoms with Crippen LogP contribution in [0.15, 0.2) is 18.2 Å². The van der Waals surface area contributed by atoms with Crippen LogP contribution in [0.2, 0.25) is 10.0 Å². The summed E-state index contributed by atoms with van der Waals surface area (Å²) in [5, 5.41) is 1.10. The molecule has 0 spiro atoms. The zero-order chi connectivity index (χ0) is 14.2. The lowest BCUT2D eigenvalue weighted by molar-refractivity contribution is 0.00820. The van der Waals surface area contributed by atoms with E-state index < -0.39 is 5.60 Å². The summed E-state index contributed by atoms with van der Waals surface area (Å²) in [6, 6.07) is 5.60. The Morgan fingerprint density at radius 3 is 2.42 bits per heavy atom. The van der Waals surface area contributed by atoms with Crippen molar-refractivity contribution in [1.29, 1.82) is 0 Å². The molecule has 0 saturated carbocycles. The van der Waals surface area contributed by atoms with E-state index in [2.05, 4.69) is 0 Å². The summed E-state index contributed by atoms with van der Waals surface area (Å²) >= 11 is 11.9. The lowest BCUT2D eigenvalue weighted by atomic mass is 9.92. The molecule has 1 amide bonds. The van der Waals surface area contributed by atoms with Crippen LogP contribution in [-0.4, -0.2) is 29.7 Å². The molecule has 2 rings (SSSR count). The van der Waals surface area contributed by atoms with Crippen molar-refractivity contribution in [2.75, 3.05) is 13.1 Å². The molecule has 19 heavy (non-hydrogen) atoms. The first-order chi connectivity index (χ1) is 8.76. The molecule has 0 aromatic heterocycles. The fourth-order valence-corrected chi connectivity index (χ4v) is 2.24. The van der Waals surface area contributed by atoms with Gasteiger partial charge in [-0.05, 0) is 38.5 Å². The number of hydrogen-bond donors (Lipinski definition) is 0. The minimum absolute atomic E-state index is 0.260. The van der Waals surface area contributed by atoms with Gasteiger partial charge in [-0.25, -0.2) is 4.79 Å². The third-order valence-corrected chi connectivity index (χ3v) is 3.69. The van der Waals surface area contributed by atoms with Gasteiger partial charge in [-0.3, -0.25) is 0 Å². The van der Waals surface area contributed by atoms with Crippen LogP contribution in [0, 0.1) is 0 Å². The van der Waals surface area contributed by atoms with Crippen LogP contribution in [0.1, 0.15) is 32.3 Å². The Hall–Kier alpha value is -0.930. The van der Waals surface area contributed by atoms with Crippen LogP contribution in [-0.2, 0) is 4.74 Å². The third-order valence-electron chi connectivity index (χ3n) is 2.95. The molecule has 1 aliphatic rings. The van der Waals surface area contributed by atoms with Gasteiger partial charge in [0.15, 0.2) is 0 Å². The summed E-state index contributed by atoms with van der Waals surface area (Å²) < 4.78 is 5.31. The number of hydrogen-bond acceptors (Lipinski definition) is 2. The molecule has 0 N–H and O–H groups in total. The Kier molecular flexibility index (Phi) is 3.98. The molecule has 1 aliphatic heterocycles. The number of ether oxygens (including phenoxy) is 1. The monoisotopic (exact) mass is 301 g/mol. The first-order valence-electron chi connectivity index (χ1n) is 6.19. The highest BCUT2D eigenvalue weighted by Crippen LogP contribution is 2.32. The van der Waals surface area contributed by atoms with Gasteiger partial charge in [0, 0.05) is 19.0 Å². The largest absolute Gasteiger partial charge is 0.444 e. The Labute approximate surface area is 123 Å². The zero-order valence-corrected chi connectivity index (χ0v) is 12.8. The van der Waals surface area contributed by atoms with Crippen molar-refractivity contribution in [2.45, 2.75) is 32.3 Å². The number of amides is 1. The Balaban J connectivity index is 1.92. The van der Waals surface area contributed by atoms with E-state index in [0.29, 0.717) is 29.1 Å². The maximum absolute atomic E-state index is 11.8. The molecule has 0 unspecified atom stereocenters. The molecule has 0 aliphatic carbocycles. The quantitative estimate of drug-likeness (QED) is 0.773. The van der Waals surface area contributed by atoms with Gasteiger partial charge in [-0.15, -0.1) is 0 Å². The number of halogens is 2. The number of likely N-dealkylation sites (tertiary alicyclic amines) is 1. The minimum atomic E-state index is -0.453.